The monoisotopic (exact) mass is 404 g/mol. The Morgan fingerprint density at radius 3 is 2.57 bits per heavy atom. The minimum Gasteiger partial charge on any atom is -0.486 e. The summed E-state index contributed by atoms with van der Waals surface area (Å²) in [6.45, 7) is 4.74. The number of aryl methyl sites for hydroxylation is 1. The van der Waals surface area contributed by atoms with Gasteiger partial charge in [0.25, 0.3) is 0 Å². The first-order chi connectivity index (χ1) is 13.5. The molecule has 150 valence electrons. The lowest BCUT2D eigenvalue weighted by molar-refractivity contribution is 0.171. The highest BCUT2D eigenvalue weighted by atomic mass is 32.2. The molecule has 2 aliphatic heterocycles. The zero-order chi connectivity index (χ0) is 19.6. The summed E-state index contributed by atoms with van der Waals surface area (Å²) in [5.74, 6) is 1.68. The number of piperidine rings is 1. The Labute approximate surface area is 164 Å². The lowest BCUT2D eigenvalue weighted by atomic mass is 10.1. The smallest absolute Gasteiger partial charge is 0.241 e. The second-order valence-corrected chi connectivity index (χ2v) is 8.75. The maximum absolute atomic E-state index is 12.7. The third-order valence-electron chi connectivity index (χ3n) is 4.80. The van der Waals surface area contributed by atoms with Crippen molar-refractivity contribution in [1.82, 2.24) is 14.7 Å². The molecule has 2 aliphatic rings. The predicted molar refractivity (Wildman–Crippen MR) is 104 cm³/mol. The average Bonchev–Trinajstić information content (AvgIpc) is 2.72. The number of benzene rings is 1. The molecule has 0 amide bonds. The summed E-state index contributed by atoms with van der Waals surface area (Å²) in [5.41, 5.74) is 1.47. The Morgan fingerprint density at radius 1 is 1.04 bits per heavy atom. The van der Waals surface area contributed by atoms with Crippen molar-refractivity contribution in [1.29, 1.82) is 0 Å². The van der Waals surface area contributed by atoms with Gasteiger partial charge in [-0.15, -0.1) is 0 Å². The SMILES string of the molecule is Cc1cc(CNS(=O)(=O)c2ccc3c(c2)OCCO3)nc(N2CCCCC2)n1. The Morgan fingerprint density at radius 2 is 1.79 bits per heavy atom. The molecule has 3 heterocycles. The van der Waals surface area contributed by atoms with Gasteiger partial charge in [-0.1, -0.05) is 0 Å². The molecule has 0 radical (unpaired) electrons. The molecule has 0 saturated carbocycles. The van der Waals surface area contributed by atoms with Crippen molar-refractivity contribution in [3.8, 4) is 11.5 Å². The van der Waals surface area contributed by atoms with E-state index in [-0.39, 0.29) is 11.4 Å². The molecule has 0 unspecified atom stereocenters. The predicted octanol–water partition coefficient (Wildman–Crippen LogP) is 2.03. The highest BCUT2D eigenvalue weighted by Gasteiger charge is 2.20. The zero-order valence-corrected chi connectivity index (χ0v) is 16.7. The number of anilines is 1. The summed E-state index contributed by atoms with van der Waals surface area (Å²) in [4.78, 5) is 11.4. The van der Waals surface area contributed by atoms with Crippen LogP contribution in [0.4, 0.5) is 5.95 Å². The summed E-state index contributed by atoms with van der Waals surface area (Å²) in [6, 6.07) is 6.42. The molecule has 1 fully saturated rings. The van der Waals surface area contributed by atoms with E-state index < -0.39 is 10.0 Å². The van der Waals surface area contributed by atoms with Gasteiger partial charge in [-0.25, -0.2) is 23.1 Å². The maximum atomic E-state index is 12.7. The molecular formula is C19H24N4O4S. The van der Waals surface area contributed by atoms with Crippen LogP contribution in [0.25, 0.3) is 0 Å². The number of sulfonamides is 1. The summed E-state index contributed by atoms with van der Waals surface area (Å²) in [7, 11) is -3.70. The van der Waals surface area contributed by atoms with E-state index >= 15 is 0 Å². The number of hydrogen-bond donors (Lipinski definition) is 1. The molecule has 8 nitrogen and oxygen atoms in total. The molecule has 28 heavy (non-hydrogen) atoms. The third-order valence-corrected chi connectivity index (χ3v) is 6.20. The molecule has 4 rings (SSSR count). The van der Waals surface area contributed by atoms with Crippen molar-refractivity contribution < 1.29 is 17.9 Å². The van der Waals surface area contributed by atoms with Crippen LogP contribution < -0.4 is 19.1 Å². The minimum absolute atomic E-state index is 0.0982. The molecule has 0 aliphatic carbocycles. The first-order valence-corrected chi connectivity index (χ1v) is 11.0. The highest BCUT2D eigenvalue weighted by Crippen LogP contribution is 2.32. The maximum Gasteiger partial charge on any atom is 0.241 e. The molecule has 1 aromatic carbocycles. The Bertz CT molecular complexity index is 958. The average molecular weight is 404 g/mol. The van der Waals surface area contributed by atoms with E-state index in [9.17, 15) is 8.42 Å². The van der Waals surface area contributed by atoms with Crippen LogP contribution in [0.2, 0.25) is 0 Å². The van der Waals surface area contributed by atoms with Gasteiger partial charge < -0.3 is 14.4 Å². The number of hydrogen-bond acceptors (Lipinski definition) is 7. The van der Waals surface area contributed by atoms with Crippen molar-refractivity contribution in [3.63, 3.8) is 0 Å². The zero-order valence-electron chi connectivity index (χ0n) is 15.8. The molecule has 0 atom stereocenters. The van der Waals surface area contributed by atoms with Crippen molar-refractivity contribution in [3.05, 3.63) is 35.7 Å². The fourth-order valence-electron chi connectivity index (χ4n) is 3.39. The van der Waals surface area contributed by atoms with Gasteiger partial charge >= 0.3 is 0 Å². The normalized spacial score (nSPS) is 16.8. The summed E-state index contributed by atoms with van der Waals surface area (Å²) in [5, 5.41) is 0. The quantitative estimate of drug-likeness (QED) is 0.815. The summed E-state index contributed by atoms with van der Waals surface area (Å²) in [6.07, 6.45) is 3.48. The number of aromatic nitrogens is 2. The van der Waals surface area contributed by atoms with Crippen molar-refractivity contribution >= 4 is 16.0 Å². The largest absolute Gasteiger partial charge is 0.486 e. The topological polar surface area (TPSA) is 93.7 Å². The van der Waals surface area contributed by atoms with E-state index in [1.54, 1.807) is 12.1 Å². The van der Waals surface area contributed by atoms with Gasteiger partial charge in [-0.05, 0) is 44.4 Å². The van der Waals surface area contributed by atoms with E-state index in [0.29, 0.717) is 36.4 Å². The lowest BCUT2D eigenvalue weighted by Crippen LogP contribution is -2.32. The van der Waals surface area contributed by atoms with Crippen molar-refractivity contribution in [2.75, 3.05) is 31.2 Å². The first kappa shape index (κ1) is 18.9. The molecular weight excluding hydrogens is 380 g/mol. The van der Waals surface area contributed by atoms with Crippen molar-refractivity contribution in [2.45, 2.75) is 37.6 Å². The number of rotatable bonds is 5. The van der Waals surface area contributed by atoms with E-state index in [1.165, 1.54) is 18.6 Å². The first-order valence-electron chi connectivity index (χ1n) is 9.50. The van der Waals surface area contributed by atoms with Crippen LogP contribution in [-0.2, 0) is 16.6 Å². The summed E-state index contributed by atoms with van der Waals surface area (Å²) >= 11 is 0. The standard InChI is InChI=1S/C19H24N4O4S/c1-14-11-15(22-19(21-14)23-7-3-2-4-8-23)13-20-28(24,25)16-5-6-17-18(12-16)27-10-9-26-17/h5-6,11-12,20H,2-4,7-10,13H2,1H3. The highest BCUT2D eigenvalue weighted by molar-refractivity contribution is 7.89. The second-order valence-electron chi connectivity index (χ2n) is 6.98. The Balaban J connectivity index is 1.49. The third kappa shape index (κ3) is 4.20. The minimum atomic E-state index is -3.70. The van der Waals surface area contributed by atoms with Gasteiger partial charge in [-0.3, -0.25) is 0 Å². The van der Waals surface area contributed by atoms with E-state index in [0.717, 1.165) is 31.6 Å². The molecule has 1 saturated heterocycles. The second kappa shape index (κ2) is 7.92. The van der Waals surface area contributed by atoms with E-state index in [4.69, 9.17) is 9.47 Å². The summed E-state index contributed by atoms with van der Waals surface area (Å²) < 4.78 is 38.9. The number of nitrogens with one attached hydrogen (secondary N) is 1. The number of nitrogens with zero attached hydrogens (tertiary/aromatic N) is 3. The Hall–Kier alpha value is -2.39. The van der Waals surface area contributed by atoms with Gasteiger partial charge in [0.05, 0.1) is 17.1 Å². The van der Waals surface area contributed by atoms with Crippen LogP contribution in [-0.4, -0.2) is 44.7 Å². The molecule has 0 bridgehead atoms. The van der Waals surface area contributed by atoms with Crippen LogP contribution in [0, 0.1) is 6.92 Å². The number of fused-ring (bicyclic) bond motifs is 1. The Kier molecular flexibility index (Phi) is 5.36. The van der Waals surface area contributed by atoms with Crippen LogP contribution in [0.3, 0.4) is 0 Å². The van der Waals surface area contributed by atoms with Crippen LogP contribution >= 0.6 is 0 Å². The van der Waals surface area contributed by atoms with Gasteiger partial charge in [0.2, 0.25) is 16.0 Å². The van der Waals surface area contributed by atoms with Gasteiger partial charge in [-0.2, -0.15) is 0 Å². The molecule has 2 aromatic rings. The van der Waals surface area contributed by atoms with Gasteiger partial charge in [0.1, 0.15) is 13.2 Å². The van der Waals surface area contributed by atoms with E-state index in [1.807, 2.05) is 6.92 Å². The van der Waals surface area contributed by atoms with E-state index in [2.05, 4.69) is 19.6 Å². The fraction of sp³-hybridized carbons (Fsp3) is 0.474. The van der Waals surface area contributed by atoms with Crippen LogP contribution in [0.15, 0.2) is 29.2 Å². The van der Waals surface area contributed by atoms with Crippen LogP contribution in [0.5, 0.6) is 11.5 Å². The van der Waals surface area contributed by atoms with Gasteiger partial charge in [0.15, 0.2) is 11.5 Å². The lowest BCUT2D eigenvalue weighted by Gasteiger charge is -2.27. The molecule has 0 spiro atoms. The fourth-order valence-corrected chi connectivity index (χ4v) is 4.40. The molecule has 1 aromatic heterocycles. The molecule has 1 N–H and O–H groups in total. The van der Waals surface area contributed by atoms with Gasteiger partial charge in [0, 0.05) is 24.8 Å². The number of ether oxygens (including phenoxy) is 2. The molecule has 9 heteroatoms. The van der Waals surface area contributed by atoms with Crippen LogP contribution in [0.1, 0.15) is 30.7 Å². The van der Waals surface area contributed by atoms with Crippen molar-refractivity contribution in [2.24, 2.45) is 0 Å².